The van der Waals surface area contributed by atoms with Crippen molar-refractivity contribution >= 4 is 109 Å². The normalized spacial score (nSPS) is 22.7. The third kappa shape index (κ3) is 28.7. The quantitative estimate of drug-likeness (QED) is 0.0312. The number of aryl methyl sites for hydroxylation is 2. The number of aromatic carboxylic acids is 2. The van der Waals surface area contributed by atoms with E-state index < -0.39 is 17.9 Å². The van der Waals surface area contributed by atoms with Gasteiger partial charge in [-0.2, -0.15) is 0 Å². The molecule has 6 aliphatic carbocycles. The van der Waals surface area contributed by atoms with E-state index >= 15 is 0 Å². The Balaban J connectivity index is 0.000000245. The lowest BCUT2D eigenvalue weighted by molar-refractivity contribution is -0.125. The predicted octanol–water partition coefficient (Wildman–Crippen LogP) is 18.9. The number of hydrogen-bond acceptors (Lipinski definition) is 19. The lowest BCUT2D eigenvalue weighted by Crippen LogP contribution is -2.47. The third-order valence-electron chi connectivity index (χ3n) is 22.6. The number of amides is 3. The van der Waals surface area contributed by atoms with Crippen molar-refractivity contribution in [3.63, 3.8) is 0 Å². The lowest BCUT2D eigenvalue weighted by Gasteiger charge is -2.39. The van der Waals surface area contributed by atoms with Gasteiger partial charge in [0, 0.05) is 103 Å². The SMILES string of the molecule is C.C.CC1CCC(C(=O)N(c2cc(C#CC(C)(C)C)sc2C(=O)O)C2CCC(Oc3ccc(=O)[nH]n3)CC2)CC1.CC1CCC(C(=O)N(c2cc(C#CC(C)(C)C)sc2C(=O)O)C2CCC(Oc3ccc(=O)n(C)n3)CC2)CC1.CI.COC(=O)c1sc(C#CC(C)(C)C)cc1N(C(=O)C1CCC(C)CC1)C1CCC(Oc2ccc(=O)n(C)n2)CC1. The van der Waals surface area contributed by atoms with Gasteiger partial charge in [0.25, 0.3) is 16.7 Å². The lowest BCUT2D eigenvalue weighted by atomic mass is 9.81. The monoisotopic (exact) mass is 1830 g/mol. The second-order valence-corrected chi connectivity index (χ2v) is 38.9. The molecule has 6 aliphatic rings. The molecule has 0 unspecified atom stereocenters. The molecule has 0 aliphatic heterocycles. The van der Waals surface area contributed by atoms with Crippen LogP contribution in [0.1, 0.15) is 296 Å². The predicted molar refractivity (Wildman–Crippen MR) is 490 cm³/mol. The number of alkyl halides is 1. The summed E-state index contributed by atoms with van der Waals surface area (Å²) in [6, 6.07) is 14.2. The fraction of sp³-hybridized carbons (Fsp3) is 0.613. The Bertz CT molecular complexity index is 4860. The van der Waals surface area contributed by atoms with Crippen LogP contribution < -0.4 is 45.6 Å². The molecule has 0 saturated heterocycles. The van der Waals surface area contributed by atoms with Gasteiger partial charge in [-0.25, -0.2) is 28.8 Å². The molecular weight excluding hydrogens is 1710 g/mol. The number of carbonyl (C=O) groups excluding carboxylic acids is 4. The Morgan fingerprint density at radius 2 is 0.719 bits per heavy atom. The highest BCUT2D eigenvalue weighted by Crippen LogP contribution is 2.44. The molecule has 6 saturated carbocycles. The number of carbonyl (C=O) groups is 6. The molecule has 3 amide bonds. The van der Waals surface area contributed by atoms with Crippen LogP contribution >= 0.6 is 56.6 Å². The van der Waals surface area contributed by atoms with Gasteiger partial charge in [0.05, 0.1) is 38.8 Å². The van der Waals surface area contributed by atoms with Gasteiger partial charge < -0.3 is 43.9 Å². The number of esters is 1. The first-order valence-corrected chi connectivity index (χ1v) is 46.5. The van der Waals surface area contributed by atoms with Crippen LogP contribution in [0.3, 0.4) is 0 Å². The molecule has 6 aromatic rings. The van der Waals surface area contributed by atoms with Gasteiger partial charge in [-0.3, -0.25) is 28.8 Å². The number of ether oxygens (including phenoxy) is 4. The van der Waals surface area contributed by atoms with Crippen LogP contribution in [-0.2, 0) is 33.2 Å². The first kappa shape index (κ1) is 99.5. The maximum absolute atomic E-state index is 14.2. The molecule has 6 aromatic heterocycles. The number of hydrogen-bond donors (Lipinski definition) is 3. The molecule has 0 spiro atoms. The number of thiophene rings is 3. The van der Waals surface area contributed by atoms with Crippen LogP contribution in [0.2, 0.25) is 0 Å². The average Bonchev–Trinajstić information content (AvgIpc) is 1.69. The molecule has 660 valence electrons. The van der Waals surface area contributed by atoms with Crippen molar-refractivity contribution in [2.45, 2.75) is 288 Å². The van der Waals surface area contributed by atoms with Gasteiger partial charge in [0.2, 0.25) is 35.4 Å². The second kappa shape index (κ2) is 45.1. The molecule has 6 heterocycles. The Kier molecular flexibility index (Phi) is 37.1. The van der Waals surface area contributed by atoms with Crippen LogP contribution in [0, 0.1) is 87.3 Å². The van der Waals surface area contributed by atoms with Crippen LogP contribution in [-0.4, -0.2) is 124 Å². The van der Waals surface area contributed by atoms with Crippen molar-refractivity contribution in [3.05, 3.63) is 115 Å². The van der Waals surface area contributed by atoms with Crippen molar-refractivity contribution in [2.75, 3.05) is 26.7 Å². The number of nitrogens with zero attached hydrogens (tertiary/aromatic N) is 8. The molecule has 3 N–H and O–H groups in total. The standard InChI is InChI=1S/C31H41N3O5S.C30H39N3O5S.C29H37N3O5S.CH3I.2CH4/c1-20-7-9-21(10-8-20)29(36)34(25-19-24(17-18-31(2,3)4)40-28(25)30(37)38-6)22-11-13-23(14-12-22)39-26-15-16-27(35)33(5)32-26;1-19-6-8-20(9-7-19)28(35)33(24-18-23(16-17-30(2,3)4)39-27(24)29(36)37)21-10-12-22(13-11-21)38-25-14-15-26(34)32(5)31-25;1-18-5-7-19(8-6-18)27(34)32(23-17-22(15-16-29(2,3)4)38-26(23)28(35)36)20-9-11-21(12-10-20)37-25-14-13-24(33)30-31-25;1-2;;/h15-16,19-23H,7-14H2,1-6H3;14-15,18-22H,6-13H2,1-5H3,(H,36,37);13-14,17-21H,5-12H2,1-4H3,(H,30,33)(H,35,36);1H3;2*1H4. The highest BCUT2D eigenvalue weighted by Gasteiger charge is 2.43. The number of carboxylic acids is 2. The summed E-state index contributed by atoms with van der Waals surface area (Å²) < 4.78 is 25.8. The zero-order valence-corrected chi connectivity index (χ0v) is 76.6. The molecular formula is C93H128IN9O15S3. The zero-order chi connectivity index (χ0) is 86.8. The van der Waals surface area contributed by atoms with E-state index in [9.17, 15) is 53.4 Å². The number of carboxylic acid groups (broad SMARTS) is 2. The number of methoxy groups -OCH3 is 1. The number of rotatable bonds is 18. The summed E-state index contributed by atoms with van der Waals surface area (Å²) in [6.45, 7) is 24.9. The average molecular weight is 1840 g/mol. The van der Waals surface area contributed by atoms with E-state index in [-0.39, 0.29) is 129 Å². The molecule has 0 aromatic carbocycles. The Labute approximate surface area is 740 Å². The molecule has 12 rings (SSSR count). The maximum atomic E-state index is 14.2. The number of halogens is 1. The number of aromatic amines is 1. The first-order valence-electron chi connectivity index (χ1n) is 41.9. The Hall–Kier alpha value is -8.63. The molecule has 28 heteroatoms. The molecule has 121 heavy (non-hydrogen) atoms. The first-order chi connectivity index (χ1) is 56.4. The van der Waals surface area contributed by atoms with Gasteiger partial charge in [-0.15, -0.1) is 49.3 Å². The second-order valence-electron chi connectivity index (χ2n) is 35.7. The van der Waals surface area contributed by atoms with Crippen molar-refractivity contribution in [1.29, 1.82) is 0 Å². The minimum atomic E-state index is -1.04. The van der Waals surface area contributed by atoms with E-state index in [1.54, 1.807) is 54.2 Å². The minimum absolute atomic E-state index is 0. The van der Waals surface area contributed by atoms with Crippen LogP contribution in [0.25, 0.3) is 0 Å². The van der Waals surface area contributed by atoms with Crippen LogP contribution in [0.5, 0.6) is 17.6 Å². The summed E-state index contributed by atoms with van der Waals surface area (Å²) >= 11 is 5.72. The Morgan fingerprint density at radius 1 is 0.438 bits per heavy atom. The summed E-state index contributed by atoms with van der Waals surface area (Å²) in [5, 5.41) is 34.9. The summed E-state index contributed by atoms with van der Waals surface area (Å²) in [6.07, 6.45) is 19.3. The molecule has 24 nitrogen and oxygen atoms in total. The highest BCUT2D eigenvalue weighted by molar-refractivity contribution is 14.1. The number of aromatic nitrogens is 6. The van der Waals surface area contributed by atoms with Crippen molar-refractivity contribution < 1.29 is 57.9 Å². The van der Waals surface area contributed by atoms with Gasteiger partial charge in [-0.1, -0.05) is 93.7 Å². The van der Waals surface area contributed by atoms with E-state index in [1.165, 1.54) is 46.0 Å². The van der Waals surface area contributed by atoms with Crippen LogP contribution in [0.15, 0.2) is 69.0 Å². The summed E-state index contributed by atoms with van der Waals surface area (Å²) in [4.78, 5) is 125. The topological polar surface area (TPSA) is 305 Å². The number of anilines is 3. The number of H-pyrrole nitrogens is 1. The number of nitrogens with one attached hydrogen (secondary N) is 1. The van der Waals surface area contributed by atoms with E-state index in [0.717, 1.165) is 130 Å². The van der Waals surface area contributed by atoms with Crippen molar-refractivity contribution in [3.8, 4) is 53.2 Å². The Morgan fingerprint density at radius 3 is 0.983 bits per heavy atom. The summed E-state index contributed by atoms with van der Waals surface area (Å²) in [7, 11) is 4.56. The molecule has 6 fully saturated rings. The fourth-order valence-electron chi connectivity index (χ4n) is 16.0. The largest absolute Gasteiger partial charge is 0.477 e. The highest BCUT2D eigenvalue weighted by atomic mass is 127. The van der Waals surface area contributed by atoms with E-state index in [2.05, 4.69) is 99.3 Å². The third-order valence-corrected chi connectivity index (χ3v) is 25.7. The van der Waals surface area contributed by atoms with Gasteiger partial charge in [0.15, 0.2) is 0 Å². The minimum Gasteiger partial charge on any atom is -0.477 e. The van der Waals surface area contributed by atoms with E-state index in [0.29, 0.717) is 118 Å². The van der Waals surface area contributed by atoms with Gasteiger partial charge >= 0.3 is 17.9 Å². The van der Waals surface area contributed by atoms with Gasteiger partial charge in [0.1, 0.15) is 32.9 Å². The zero-order valence-electron chi connectivity index (χ0n) is 72.0. The van der Waals surface area contributed by atoms with Crippen molar-refractivity contribution in [2.24, 2.45) is 65.8 Å². The van der Waals surface area contributed by atoms with E-state index in [4.69, 9.17) is 18.9 Å². The maximum Gasteiger partial charge on any atom is 0.350 e. The van der Waals surface area contributed by atoms with Crippen molar-refractivity contribution in [1.82, 2.24) is 29.8 Å². The summed E-state index contributed by atoms with van der Waals surface area (Å²) in [5.74, 6) is 19.5. The molecule has 0 atom stereocenters. The smallest absolute Gasteiger partial charge is 0.350 e. The fourth-order valence-corrected chi connectivity index (χ4v) is 18.6. The molecule has 0 bridgehead atoms. The van der Waals surface area contributed by atoms with Gasteiger partial charge in [-0.05, 0) is 257 Å². The van der Waals surface area contributed by atoms with E-state index in [1.807, 2.05) is 78.2 Å². The van der Waals surface area contributed by atoms with Crippen LogP contribution in [0.4, 0.5) is 17.1 Å². The summed E-state index contributed by atoms with van der Waals surface area (Å²) in [5.41, 5.74) is 0.240. The molecule has 0 radical (unpaired) electrons.